The minimum absolute atomic E-state index is 0.330. The summed E-state index contributed by atoms with van der Waals surface area (Å²) in [5.41, 5.74) is 5.11. The summed E-state index contributed by atoms with van der Waals surface area (Å²) in [5, 5.41) is 1.80. The van der Waals surface area contributed by atoms with E-state index in [4.69, 9.17) is 21.1 Å². The van der Waals surface area contributed by atoms with Gasteiger partial charge < -0.3 is 18.9 Å². The van der Waals surface area contributed by atoms with Crippen LogP contribution in [0, 0.1) is 0 Å². The van der Waals surface area contributed by atoms with Gasteiger partial charge in [-0.05, 0) is 69.6 Å². The van der Waals surface area contributed by atoms with Gasteiger partial charge in [-0.3, -0.25) is 0 Å². The van der Waals surface area contributed by atoms with Crippen molar-refractivity contribution >= 4 is 47.9 Å². The molecule has 0 radical (unpaired) electrons. The molecule has 1 aromatic heterocycles. The number of fused-ring (bicyclic) bond motifs is 1. The quantitative estimate of drug-likeness (QED) is 0.0990. The van der Waals surface area contributed by atoms with Crippen LogP contribution in [-0.2, 0) is 16.2 Å². The summed E-state index contributed by atoms with van der Waals surface area (Å²) in [7, 11) is -1.23. The van der Waals surface area contributed by atoms with Gasteiger partial charge in [-0.25, -0.2) is 4.79 Å². The molecule has 1 heterocycles. The third-order valence-corrected chi connectivity index (χ3v) is 8.71. The highest BCUT2D eigenvalue weighted by molar-refractivity contribution is 6.76. The first kappa shape index (κ1) is 30.9. The second-order valence-electron chi connectivity index (χ2n) is 12.7. The second-order valence-corrected chi connectivity index (χ2v) is 18.8. The second kappa shape index (κ2) is 12.8. The Balaban J connectivity index is 1.90. The van der Waals surface area contributed by atoms with Crippen molar-refractivity contribution < 1.29 is 14.3 Å². The summed E-state index contributed by atoms with van der Waals surface area (Å²) in [4.78, 5) is 15.3. The molecule has 4 aromatic rings. The summed E-state index contributed by atoms with van der Waals surface area (Å²) in [6, 6.07) is 25.3. The van der Waals surface area contributed by atoms with Crippen molar-refractivity contribution in [3.05, 3.63) is 83.4 Å². The largest absolute Gasteiger partial charge is 0.456 e. The number of esters is 1. The van der Waals surface area contributed by atoms with Crippen molar-refractivity contribution in [3.63, 3.8) is 0 Å². The molecule has 0 bridgehead atoms. The summed E-state index contributed by atoms with van der Waals surface area (Å²) >= 11 is 6.54. The predicted molar refractivity (Wildman–Crippen MR) is 175 cm³/mol. The van der Waals surface area contributed by atoms with Crippen LogP contribution >= 0.6 is 11.6 Å². The Hall–Kier alpha value is -3.06. The summed E-state index contributed by atoms with van der Waals surface area (Å²) < 4.78 is 14.3. The molecule has 0 spiro atoms. The zero-order chi connectivity index (χ0) is 29.8. The summed E-state index contributed by atoms with van der Waals surface area (Å²) in [6.45, 7) is 16.8. The lowest BCUT2D eigenvalue weighted by Gasteiger charge is -2.27. The van der Waals surface area contributed by atoms with Crippen LogP contribution in [0.2, 0.25) is 30.7 Å². The first-order valence-electron chi connectivity index (χ1n) is 14.4. The van der Waals surface area contributed by atoms with Crippen LogP contribution in [-0.4, -0.2) is 37.4 Å². The van der Waals surface area contributed by atoms with Crippen molar-refractivity contribution in [1.29, 1.82) is 0 Å². The Bertz CT molecular complexity index is 1500. The van der Waals surface area contributed by atoms with Crippen LogP contribution in [0.1, 0.15) is 44.5 Å². The number of anilines is 2. The third-order valence-electron chi connectivity index (χ3n) is 6.77. The molecule has 0 fully saturated rings. The van der Waals surface area contributed by atoms with E-state index >= 15 is 0 Å². The standard InChI is InChI=1S/C34H43ClN2O3Si/c1-8-19-36(28-16-12-14-26(23-28)33(38)40-34(2,3)4)32-29-17-9-10-18-30(29)37(24-39-20-21-41(5,6)7)31(32)25-13-11-15-27(35)22-25/h9-18,22-23H,8,19-21,24H2,1-7H3. The van der Waals surface area contributed by atoms with Gasteiger partial charge in [0, 0.05) is 42.9 Å². The molecule has 0 saturated heterocycles. The predicted octanol–water partition coefficient (Wildman–Crippen LogP) is 9.78. The van der Waals surface area contributed by atoms with Crippen LogP contribution < -0.4 is 4.90 Å². The van der Waals surface area contributed by atoms with Gasteiger partial charge in [-0.15, -0.1) is 0 Å². The maximum atomic E-state index is 13.0. The molecular formula is C34H43ClN2O3Si. The number of carbonyl (C=O) groups is 1. The fourth-order valence-corrected chi connectivity index (χ4v) is 5.83. The number of benzene rings is 3. The van der Waals surface area contributed by atoms with E-state index in [1.165, 1.54) is 0 Å². The average Bonchev–Trinajstić information content (AvgIpc) is 3.22. The first-order valence-corrected chi connectivity index (χ1v) is 18.5. The molecule has 0 aliphatic carbocycles. The number of hydrogen-bond donors (Lipinski definition) is 0. The van der Waals surface area contributed by atoms with E-state index in [0.29, 0.717) is 17.3 Å². The summed E-state index contributed by atoms with van der Waals surface area (Å²) in [6.07, 6.45) is 0.915. The van der Waals surface area contributed by atoms with Gasteiger partial charge in [0.15, 0.2) is 0 Å². The Morgan fingerprint density at radius 1 is 0.976 bits per heavy atom. The Labute approximate surface area is 251 Å². The van der Waals surface area contributed by atoms with Gasteiger partial charge in [0.2, 0.25) is 0 Å². The van der Waals surface area contributed by atoms with Crippen LogP contribution in [0.3, 0.4) is 0 Å². The Morgan fingerprint density at radius 2 is 1.71 bits per heavy atom. The highest BCUT2D eigenvalue weighted by Crippen LogP contribution is 2.44. The van der Waals surface area contributed by atoms with Crippen molar-refractivity contribution in [2.45, 2.75) is 72.1 Å². The van der Waals surface area contributed by atoms with Crippen LogP contribution in [0.4, 0.5) is 11.4 Å². The molecule has 0 amide bonds. The van der Waals surface area contributed by atoms with Crippen LogP contribution in [0.5, 0.6) is 0 Å². The van der Waals surface area contributed by atoms with E-state index in [9.17, 15) is 4.79 Å². The molecule has 0 unspecified atom stereocenters. The fourth-order valence-electron chi connectivity index (χ4n) is 4.89. The highest BCUT2D eigenvalue weighted by Gasteiger charge is 2.26. The third kappa shape index (κ3) is 7.82. The van der Waals surface area contributed by atoms with E-state index in [2.05, 4.69) is 72.4 Å². The van der Waals surface area contributed by atoms with Crippen molar-refractivity contribution in [1.82, 2.24) is 4.57 Å². The maximum Gasteiger partial charge on any atom is 0.338 e. The monoisotopic (exact) mass is 590 g/mol. The van der Waals surface area contributed by atoms with Gasteiger partial charge in [0.1, 0.15) is 12.3 Å². The fraction of sp³-hybridized carbons (Fsp3) is 0.382. The van der Waals surface area contributed by atoms with Crippen LogP contribution in [0.15, 0.2) is 72.8 Å². The molecule has 0 saturated carbocycles. The number of carbonyl (C=O) groups excluding carboxylic acids is 1. The lowest BCUT2D eigenvalue weighted by molar-refractivity contribution is 0.00695. The Morgan fingerprint density at radius 3 is 2.39 bits per heavy atom. The minimum Gasteiger partial charge on any atom is -0.456 e. The lowest BCUT2D eigenvalue weighted by Crippen LogP contribution is -2.24. The number of para-hydroxylation sites is 1. The molecule has 0 aliphatic rings. The smallest absolute Gasteiger partial charge is 0.338 e. The van der Waals surface area contributed by atoms with E-state index in [-0.39, 0.29) is 5.97 Å². The van der Waals surface area contributed by atoms with Crippen molar-refractivity contribution in [2.24, 2.45) is 0 Å². The van der Waals surface area contributed by atoms with Gasteiger partial charge in [-0.2, -0.15) is 0 Å². The molecular weight excluding hydrogens is 548 g/mol. The van der Waals surface area contributed by atoms with Gasteiger partial charge in [0.05, 0.1) is 22.5 Å². The number of rotatable bonds is 11. The zero-order valence-corrected chi connectivity index (χ0v) is 27.2. The lowest BCUT2D eigenvalue weighted by atomic mass is 10.1. The molecule has 4 rings (SSSR count). The van der Waals surface area contributed by atoms with E-state index in [1.807, 2.05) is 57.2 Å². The van der Waals surface area contributed by atoms with Crippen molar-refractivity contribution in [2.75, 3.05) is 18.1 Å². The molecule has 0 aliphatic heterocycles. The van der Waals surface area contributed by atoms with E-state index in [0.717, 1.165) is 59.2 Å². The number of halogens is 1. The number of hydrogen-bond acceptors (Lipinski definition) is 4. The molecule has 7 heteroatoms. The van der Waals surface area contributed by atoms with Gasteiger partial charge in [0.25, 0.3) is 0 Å². The van der Waals surface area contributed by atoms with E-state index in [1.54, 1.807) is 0 Å². The number of aromatic nitrogens is 1. The number of ether oxygens (including phenoxy) is 2. The molecule has 3 aromatic carbocycles. The number of nitrogens with zero attached hydrogens (tertiary/aromatic N) is 2. The topological polar surface area (TPSA) is 43.7 Å². The minimum atomic E-state index is -1.23. The molecule has 0 N–H and O–H groups in total. The normalized spacial score (nSPS) is 12.1. The maximum absolute atomic E-state index is 13.0. The zero-order valence-electron chi connectivity index (χ0n) is 25.5. The highest BCUT2D eigenvalue weighted by atomic mass is 35.5. The van der Waals surface area contributed by atoms with E-state index < -0.39 is 13.7 Å². The average molecular weight is 591 g/mol. The van der Waals surface area contributed by atoms with Crippen molar-refractivity contribution in [3.8, 4) is 11.3 Å². The van der Waals surface area contributed by atoms with Crippen LogP contribution in [0.25, 0.3) is 22.2 Å². The Kier molecular flexibility index (Phi) is 9.68. The van der Waals surface area contributed by atoms with Gasteiger partial charge in [-0.1, -0.05) is 74.6 Å². The molecule has 218 valence electrons. The molecule has 0 atom stereocenters. The summed E-state index contributed by atoms with van der Waals surface area (Å²) in [5.74, 6) is -0.330. The molecule has 5 nitrogen and oxygen atoms in total. The first-order chi connectivity index (χ1) is 19.4. The molecule has 41 heavy (non-hydrogen) atoms. The SMILES string of the molecule is CCCN(c1cccc(C(=O)OC(C)(C)C)c1)c1c(-c2cccc(Cl)c2)n(COCC[Si](C)(C)C)c2ccccc12. The van der Waals surface area contributed by atoms with Gasteiger partial charge >= 0.3 is 5.97 Å².